The number of piperazine rings is 1. The summed E-state index contributed by atoms with van der Waals surface area (Å²) in [6.45, 7) is 2.62. The van der Waals surface area contributed by atoms with Crippen LogP contribution in [0.25, 0.3) is 10.9 Å². The van der Waals surface area contributed by atoms with Gasteiger partial charge in [0.25, 0.3) is 0 Å². The molecule has 0 aliphatic carbocycles. The summed E-state index contributed by atoms with van der Waals surface area (Å²) in [5, 5.41) is 0.765. The Hall–Kier alpha value is -3.04. The number of hydrogen-bond donors (Lipinski definition) is 0. The van der Waals surface area contributed by atoms with Crippen LogP contribution in [0.1, 0.15) is 12.8 Å². The quantitative estimate of drug-likeness (QED) is 0.571. The number of piperidine rings is 1. The Labute approximate surface area is 198 Å². The molecule has 1 aromatic heterocycles. The number of rotatable bonds is 4. The Morgan fingerprint density at radius 3 is 2.50 bits per heavy atom. The van der Waals surface area contributed by atoms with Crippen molar-refractivity contribution in [1.82, 2.24) is 14.2 Å². The smallest absolute Gasteiger partial charge is 0.245 e. The molecule has 7 nitrogen and oxygen atoms in total. The van der Waals surface area contributed by atoms with E-state index in [1.54, 1.807) is 47.5 Å². The number of sulfonamides is 1. The molecular weight excluding hydrogens is 455 g/mol. The molecular formula is C25H27FN4O3S. The highest BCUT2D eigenvalue weighted by Crippen LogP contribution is 2.29. The molecule has 2 aliphatic rings. The number of hydrogen-bond acceptors (Lipinski definition) is 5. The second kappa shape index (κ2) is 9.31. The standard InChI is InChI=1S/C25H27FN4O3S/c26-21-9-1-2-10-22(21)28-14-16-29(17-15-28)25(31)20-8-5-13-30(18-20)34(32,33)23-11-3-6-19-7-4-12-27-24(19)23/h1-4,6-7,9-12,20H,5,8,13-18H2/t20-/m0/s1. The maximum atomic E-state index is 14.1. The SMILES string of the molecule is O=C([C@H]1CCCN(S(=O)(=O)c2cccc3cccnc23)C1)N1CCN(c2ccccc2F)CC1. The first-order chi connectivity index (χ1) is 16.4. The summed E-state index contributed by atoms with van der Waals surface area (Å²) in [5.41, 5.74) is 0.996. The van der Waals surface area contributed by atoms with Crippen LogP contribution in [0.5, 0.6) is 0 Å². The Balaban J connectivity index is 1.28. The third-order valence-electron chi connectivity index (χ3n) is 6.73. The number of para-hydroxylation sites is 2. The highest BCUT2D eigenvalue weighted by molar-refractivity contribution is 7.89. The third-order valence-corrected chi connectivity index (χ3v) is 8.63. The van der Waals surface area contributed by atoms with Gasteiger partial charge in [0.2, 0.25) is 15.9 Å². The molecule has 2 saturated heterocycles. The van der Waals surface area contributed by atoms with Crippen molar-refractivity contribution >= 4 is 32.5 Å². The van der Waals surface area contributed by atoms with E-state index in [1.165, 1.54) is 10.4 Å². The average Bonchev–Trinajstić information content (AvgIpc) is 2.88. The van der Waals surface area contributed by atoms with Crippen molar-refractivity contribution in [2.75, 3.05) is 44.2 Å². The summed E-state index contributed by atoms with van der Waals surface area (Å²) in [6, 6.07) is 15.4. The molecule has 1 amide bonds. The van der Waals surface area contributed by atoms with Gasteiger partial charge in [-0.3, -0.25) is 9.78 Å². The minimum Gasteiger partial charge on any atom is -0.366 e. The largest absolute Gasteiger partial charge is 0.366 e. The summed E-state index contributed by atoms with van der Waals surface area (Å²) in [4.78, 5) is 21.5. The molecule has 0 bridgehead atoms. The first-order valence-electron chi connectivity index (χ1n) is 11.6. The van der Waals surface area contributed by atoms with E-state index in [9.17, 15) is 17.6 Å². The van der Waals surface area contributed by atoms with E-state index in [-0.39, 0.29) is 29.1 Å². The lowest BCUT2D eigenvalue weighted by Crippen LogP contribution is -2.53. The van der Waals surface area contributed by atoms with Crippen LogP contribution >= 0.6 is 0 Å². The first-order valence-corrected chi connectivity index (χ1v) is 13.0. The summed E-state index contributed by atoms with van der Waals surface area (Å²) < 4.78 is 42.5. The number of carbonyl (C=O) groups is 1. The predicted molar refractivity (Wildman–Crippen MR) is 128 cm³/mol. The van der Waals surface area contributed by atoms with Gasteiger partial charge in [0.1, 0.15) is 10.7 Å². The molecule has 2 fully saturated rings. The number of anilines is 1. The molecule has 0 radical (unpaired) electrons. The van der Waals surface area contributed by atoms with Gasteiger partial charge in [0.05, 0.1) is 17.1 Å². The van der Waals surface area contributed by atoms with Gasteiger partial charge in [-0.05, 0) is 37.1 Å². The summed E-state index contributed by atoms with van der Waals surface area (Å²) in [5.74, 6) is -0.672. The number of benzene rings is 2. The zero-order valence-corrected chi connectivity index (χ0v) is 19.6. The molecule has 9 heteroatoms. The highest BCUT2D eigenvalue weighted by atomic mass is 32.2. The Bertz CT molecular complexity index is 1300. The monoisotopic (exact) mass is 482 g/mol. The van der Waals surface area contributed by atoms with E-state index in [0.717, 1.165) is 5.39 Å². The number of fused-ring (bicyclic) bond motifs is 1. The topological polar surface area (TPSA) is 73.8 Å². The van der Waals surface area contributed by atoms with Gasteiger partial charge in [-0.15, -0.1) is 0 Å². The number of aromatic nitrogens is 1. The van der Waals surface area contributed by atoms with Crippen molar-refractivity contribution in [3.05, 3.63) is 66.6 Å². The average molecular weight is 483 g/mol. The lowest BCUT2D eigenvalue weighted by Gasteiger charge is -2.39. The molecule has 0 spiro atoms. The Morgan fingerprint density at radius 1 is 0.941 bits per heavy atom. The van der Waals surface area contributed by atoms with E-state index in [4.69, 9.17) is 0 Å². The van der Waals surface area contributed by atoms with Crippen molar-refractivity contribution in [2.24, 2.45) is 5.92 Å². The van der Waals surface area contributed by atoms with Crippen molar-refractivity contribution < 1.29 is 17.6 Å². The molecule has 3 aromatic rings. The lowest BCUT2D eigenvalue weighted by atomic mass is 9.97. The predicted octanol–water partition coefficient (Wildman–Crippen LogP) is 3.12. The van der Waals surface area contributed by atoms with Gasteiger partial charge in [-0.25, -0.2) is 12.8 Å². The number of nitrogens with zero attached hydrogens (tertiary/aromatic N) is 4. The van der Waals surface area contributed by atoms with Crippen molar-refractivity contribution in [3.8, 4) is 0 Å². The molecule has 3 heterocycles. The van der Waals surface area contributed by atoms with Crippen LogP contribution in [-0.2, 0) is 14.8 Å². The van der Waals surface area contributed by atoms with E-state index >= 15 is 0 Å². The van der Waals surface area contributed by atoms with Gasteiger partial charge in [-0.2, -0.15) is 4.31 Å². The van der Waals surface area contributed by atoms with E-state index < -0.39 is 10.0 Å². The van der Waals surface area contributed by atoms with E-state index in [1.807, 2.05) is 17.0 Å². The number of halogens is 1. The highest BCUT2D eigenvalue weighted by Gasteiger charge is 2.36. The zero-order chi connectivity index (χ0) is 23.7. The number of amides is 1. The van der Waals surface area contributed by atoms with Crippen LogP contribution in [0.3, 0.4) is 0 Å². The fourth-order valence-electron chi connectivity index (χ4n) is 4.92. The fourth-order valence-corrected chi connectivity index (χ4v) is 6.61. The molecule has 0 N–H and O–H groups in total. The number of carbonyl (C=O) groups excluding carboxylic acids is 1. The molecule has 1 atom stereocenters. The zero-order valence-electron chi connectivity index (χ0n) is 18.8. The lowest BCUT2D eigenvalue weighted by molar-refractivity contribution is -0.137. The number of pyridine rings is 1. The molecule has 0 unspecified atom stereocenters. The fraction of sp³-hybridized carbons (Fsp3) is 0.360. The molecule has 2 aliphatic heterocycles. The minimum absolute atomic E-state index is 0.0240. The van der Waals surface area contributed by atoms with Crippen molar-refractivity contribution in [1.29, 1.82) is 0 Å². The van der Waals surface area contributed by atoms with Crippen LogP contribution in [-0.4, -0.2) is 67.8 Å². The van der Waals surface area contributed by atoms with Crippen molar-refractivity contribution in [2.45, 2.75) is 17.7 Å². The van der Waals surface area contributed by atoms with Crippen molar-refractivity contribution in [3.63, 3.8) is 0 Å². The van der Waals surface area contributed by atoms with Gasteiger partial charge < -0.3 is 9.80 Å². The van der Waals surface area contributed by atoms with Crippen LogP contribution in [0, 0.1) is 11.7 Å². The summed E-state index contributed by atoms with van der Waals surface area (Å²) in [6.07, 6.45) is 2.88. The van der Waals surface area contributed by atoms with Gasteiger partial charge in [0, 0.05) is 50.9 Å². The third kappa shape index (κ3) is 4.25. The van der Waals surface area contributed by atoms with E-state index in [0.29, 0.717) is 56.8 Å². The first kappa shape index (κ1) is 22.7. The maximum absolute atomic E-state index is 14.1. The van der Waals surface area contributed by atoms with E-state index in [2.05, 4.69) is 4.98 Å². The maximum Gasteiger partial charge on any atom is 0.245 e. The summed E-state index contributed by atoms with van der Waals surface area (Å²) in [7, 11) is -3.79. The van der Waals surface area contributed by atoms with Gasteiger partial charge in [0.15, 0.2) is 0 Å². The molecule has 2 aromatic carbocycles. The minimum atomic E-state index is -3.79. The van der Waals surface area contributed by atoms with Gasteiger partial charge >= 0.3 is 0 Å². The Kier molecular flexibility index (Phi) is 6.22. The van der Waals surface area contributed by atoms with Crippen LogP contribution < -0.4 is 4.90 Å². The molecule has 34 heavy (non-hydrogen) atoms. The molecule has 178 valence electrons. The van der Waals surface area contributed by atoms with Crippen LogP contribution in [0.15, 0.2) is 65.7 Å². The second-order valence-electron chi connectivity index (χ2n) is 8.80. The molecule has 0 saturated carbocycles. The Morgan fingerprint density at radius 2 is 1.71 bits per heavy atom. The molecule has 5 rings (SSSR count). The van der Waals surface area contributed by atoms with Crippen LogP contribution in [0.4, 0.5) is 10.1 Å². The second-order valence-corrected chi connectivity index (χ2v) is 10.7. The van der Waals surface area contributed by atoms with Gasteiger partial charge in [-0.1, -0.05) is 30.3 Å². The summed E-state index contributed by atoms with van der Waals surface area (Å²) >= 11 is 0. The van der Waals surface area contributed by atoms with Crippen LogP contribution in [0.2, 0.25) is 0 Å². The normalized spacial score (nSPS) is 20.0.